The first-order valence-corrected chi connectivity index (χ1v) is 7.77. The van der Waals surface area contributed by atoms with Crippen LogP contribution in [0.2, 0.25) is 0 Å². The van der Waals surface area contributed by atoms with Gasteiger partial charge >= 0.3 is 0 Å². The van der Waals surface area contributed by atoms with E-state index < -0.39 is 0 Å². The molecular weight excluding hydrogens is 280 g/mol. The molecule has 5 nitrogen and oxygen atoms in total. The molecule has 0 unspecified atom stereocenters. The molecule has 0 bridgehead atoms. The number of amides is 2. The fraction of sp³-hybridized carbons (Fsp3) is 0.529. The summed E-state index contributed by atoms with van der Waals surface area (Å²) in [5, 5.41) is 11.9. The fourth-order valence-corrected chi connectivity index (χ4v) is 2.98. The van der Waals surface area contributed by atoms with Crippen molar-refractivity contribution in [3.63, 3.8) is 0 Å². The van der Waals surface area contributed by atoms with E-state index >= 15 is 0 Å². The molecule has 0 atom stereocenters. The zero-order valence-electron chi connectivity index (χ0n) is 13.2. The van der Waals surface area contributed by atoms with E-state index in [0.717, 1.165) is 25.7 Å². The summed E-state index contributed by atoms with van der Waals surface area (Å²) < 4.78 is 0. The standard InChI is InChI=1S/C17H24N2O3/c1-12(21)18-15-7-5-14(6-8-15)17(22)19(2)16-9-3-13(11-20)4-10-16/h5-8,13,16,20H,3-4,9-11H2,1-2H3,(H,18,21). The lowest BCUT2D eigenvalue weighted by Crippen LogP contribution is -2.39. The predicted octanol–water partition coefficient (Wildman–Crippen LogP) is 2.27. The molecule has 1 aliphatic carbocycles. The molecule has 0 spiro atoms. The third-order valence-corrected chi connectivity index (χ3v) is 4.39. The van der Waals surface area contributed by atoms with E-state index in [1.807, 2.05) is 7.05 Å². The molecule has 120 valence electrons. The Morgan fingerprint density at radius 1 is 1.18 bits per heavy atom. The zero-order chi connectivity index (χ0) is 16.1. The van der Waals surface area contributed by atoms with Crippen LogP contribution in [0.4, 0.5) is 5.69 Å². The minimum absolute atomic E-state index is 0.00169. The van der Waals surface area contributed by atoms with Crippen molar-refractivity contribution in [3.8, 4) is 0 Å². The molecule has 0 radical (unpaired) electrons. The lowest BCUT2D eigenvalue weighted by Gasteiger charge is -2.34. The number of hydrogen-bond donors (Lipinski definition) is 2. The predicted molar refractivity (Wildman–Crippen MR) is 85.7 cm³/mol. The lowest BCUT2D eigenvalue weighted by molar-refractivity contribution is -0.114. The Morgan fingerprint density at radius 2 is 1.77 bits per heavy atom. The van der Waals surface area contributed by atoms with Gasteiger partial charge in [0.05, 0.1) is 0 Å². The van der Waals surface area contributed by atoms with Crippen molar-refractivity contribution in [1.29, 1.82) is 0 Å². The maximum atomic E-state index is 12.5. The van der Waals surface area contributed by atoms with Crippen molar-refractivity contribution < 1.29 is 14.7 Å². The molecule has 5 heteroatoms. The first-order chi connectivity index (χ1) is 10.5. The summed E-state index contributed by atoms with van der Waals surface area (Å²) in [5.74, 6) is 0.260. The molecule has 1 fully saturated rings. The molecule has 1 aromatic rings. The van der Waals surface area contributed by atoms with Gasteiger partial charge in [-0.15, -0.1) is 0 Å². The van der Waals surface area contributed by atoms with Crippen LogP contribution in [0.15, 0.2) is 24.3 Å². The van der Waals surface area contributed by atoms with Crippen LogP contribution < -0.4 is 5.32 Å². The smallest absolute Gasteiger partial charge is 0.253 e. The van der Waals surface area contributed by atoms with Crippen molar-refractivity contribution in [2.75, 3.05) is 19.0 Å². The van der Waals surface area contributed by atoms with Crippen LogP contribution in [-0.4, -0.2) is 41.5 Å². The van der Waals surface area contributed by atoms with Crippen molar-refractivity contribution in [3.05, 3.63) is 29.8 Å². The number of carbonyl (C=O) groups is 2. The van der Waals surface area contributed by atoms with E-state index in [1.54, 1.807) is 29.2 Å². The summed E-state index contributed by atoms with van der Waals surface area (Å²) in [6, 6.07) is 7.20. The highest BCUT2D eigenvalue weighted by molar-refractivity contribution is 5.95. The van der Waals surface area contributed by atoms with Crippen molar-refractivity contribution in [1.82, 2.24) is 4.90 Å². The highest BCUT2D eigenvalue weighted by Gasteiger charge is 2.26. The van der Waals surface area contributed by atoms with Gasteiger partial charge in [0, 0.05) is 37.9 Å². The first-order valence-electron chi connectivity index (χ1n) is 7.77. The van der Waals surface area contributed by atoms with Crippen LogP contribution in [-0.2, 0) is 4.79 Å². The second-order valence-corrected chi connectivity index (χ2v) is 6.03. The van der Waals surface area contributed by atoms with E-state index in [2.05, 4.69) is 5.32 Å². The Kier molecular flexibility index (Phi) is 5.55. The van der Waals surface area contributed by atoms with Crippen LogP contribution >= 0.6 is 0 Å². The van der Waals surface area contributed by atoms with Gasteiger partial charge in [-0.25, -0.2) is 0 Å². The minimum atomic E-state index is -0.128. The van der Waals surface area contributed by atoms with E-state index in [-0.39, 0.29) is 24.5 Å². The molecular formula is C17H24N2O3. The quantitative estimate of drug-likeness (QED) is 0.896. The summed E-state index contributed by atoms with van der Waals surface area (Å²) >= 11 is 0. The number of benzene rings is 1. The summed E-state index contributed by atoms with van der Waals surface area (Å²) in [6.07, 6.45) is 3.83. The molecule has 1 aromatic carbocycles. The maximum absolute atomic E-state index is 12.5. The summed E-state index contributed by atoms with van der Waals surface area (Å²) in [7, 11) is 1.84. The van der Waals surface area contributed by atoms with Gasteiger partial charge in [0.1, 0.15) is 0 Å². The second kappa shape index (κ2) is 7.40. The Hall–Kier alpha value is -1.88. The van der Waals surface area contributed by atoms with Crippen LogP contribution in [0, 0.1) is 5.92 Å². The number of aliphatic hydroxyl groups is 1. The normalized spacial score (nSPS) is 21.2. The zero-order valence-corrected chi connectivity index (χ0v) is 13.2. The molecule has 2 N–H and O–H groups in total. The third-order valence-electron chi connectivity index (χ3n) is 4.39. The number of rotatable bonds is 4. The van der Waals surface area contributed by atoms with Gasteiger partial charge in [-0.3, -0.25) is 9.59 Å². The number of aliphatic hydroxyl groups excluding tert-OH is 1. The Labute approximate surface area is 131 Å². The Balaban J connectivity index is 1.97. The molecule has 2 rings (SSSR count). The van der Waals surface area contributed by atoms with Crippen LogP contribution in [0.25, 0.3) is 0 Å². The average Bonchev–Trinajstić information content (AvgIpc) is 2.54. The first kappa shape index (κ1) is 16.5. The largest absolute Gasteiger partial charge is 0.396 e. The summed E-state index contributed by atoms with van der Waals surface area (Å²) in [4.78, 5) is 25.3. The monoisotopic (exact) mass is 304 g/mol. The maximum Gasteiger partial charge on any atom is 0.253 e. The molecule has 0 saturated heterocycles. The van der Waals surface area contributed by atoms with Gasteiger partial charge in [0.15, 0.2) is 0 Å². The topological polar surface area (TPSA) is 69.6 Å². The van der Waals surface area contributed by atoms with Gasteiger partial charge in [-0.1, -0.05) is 0 Å². The SMILES string of the molecule is CC(=O)Nc1ccc(C(=O)N(C)C2CCC(CO)CC2)cc1. The number of hydrogen-bond acceptors (Lipinski definition) is 3. The molecule has 1 saturated carbocycles. The fourth-order valence-electron chi connectivity index (χ4n) is 2.98. The van der Waals surface area contributed by atoms with Gasteiger partial charge in [0.25, 0.3) is 5.91 Å². The molecule has 22 heavy (non-hydrogen) atoms. The van der Waals surface area contributed by atoms with E-state index in [1.165, 1.54) is 6.92 Å². The highest BCUT2D eigenvalue weighted by Crippen LogP contribution is 2.27. The van der Waals surface area contributed by atoms with E-state index in [4.69, 9.17) is 0 Å². The van der Waals surface area contributed by atoms with E-state index in [9.17, 15) is 14.7 Å². The van der Waals surface area contributed by atoms with Crippen LogP contribution in [0.1, 0.15) is 43.0 Å². The number of carbonyl (C=O) groups excluding carboxylic acids is 2. The van der Waals surface area contributed by atoms with Crippen molar-refractivity contribution >= 4 is 17.5 Å². The minimum Gasteiger partial charge on any atom is -0.396 e. The van der Waals surface area contributed by atoms with Gasteiger partial charge < -0.3 is 15.3 Å². The second-order valence-electron chi connectivity index (χ2n) is 6.03. The molecule has 0 aromatic heterocycles. The van der Waals surface area contributed by atoms with Crippen LogP contribution in [0.5, 0.6) is 0 Å². The molecule has 1 aliphatic rings. The van der Waals surface area contributed by atoms with Crippen molar-refractivity contribution in [2.45, 2.75) is 38.6 Å². The highest BCUT2D eigenvalue weighted by atomic mass is 16.3. The Bertz CT molecular complexity index is 519. The summed E-state index contributed by atoms with van der Waals surface area (Å²) in [5.41, 5.74) is 1.32. The summed E-state index contributed by atoms with van der Waals surface area (Å²) in [6.45, 7) is 1.70. The van der Waals surface area contributed by atoms with Crippen LogP contribution in [0.3, 0.4) is 0 Å². The Morgan fingerprint density at radius 3 is 2.27 bits per heavy atom. The van der Waals surface area contributed by atoms with Crippen molar-refractivity contribution in [2.24, 2.45) is 5.92 Å². The third kappa shape index (κ3) is 4.07. The number of nitrogens with one attached hydrogen (secondary N) is 1. The van der Waals surface area contributed by atoms with Gasteiger partial charge in [-0.05, 0) is 55.9 Å². The van der Waals surface area contributed by atoms with Gasteiger partial charge in [0.2, 0.25) is 5.91 Å². The number of anilines is 1. The van der Waals surface area contributed by atoms with E-state index in [0.29, 0.717) is 17.2 Å². The average molecular weight is 304 g/mol. The van der Waals surface area contributed by atoms with Gasteiger partial charge in [-0.2, -0.15) is 0 Å². The number of nitrogens with zero attached hydrogens (tertiary/aromatic N) is 1. The lowest BCUT2D eigenvalue weighted by atomic mass is 9.86. The molecule has 0 aliphatic heterocycles. The molecule has 0 heterocycles. The molecule has 2 amide bonds.